The number of nitrogens with zero attached hydrogens (tertiary/aromatic N) is 5. The smallest absolute Gasteiger partial charge is 0.257 e. The third kappa shape index (κ3) is 4.63. The molecular formula is C20H20FN5O3. The van der Waals surface area contributed by atoms with Crippen molar-refractivity contribution in [3.63, 3.8) is 0 Å². The van der Waals surface area contributed by atoms with Crippen LogP contribution in [-0.4, -0.2) is 58.0 Å². The van der Waals surface area contributed by atoms with E-state index in [1.54, 1.807) is 37.4 Å². The maximum atomic E-state index is 13.2. The number of hydrogen-bond acceptors (Lipinski definition) is 6. The van der Waals surface area contributed by atoms with Crippen molar-refractivity contribution in [3.8, 4) is 11.4 Å². The van der Waals surface area contributed by atoms with E-state index in [-0.39, 0.29) is 30.6 Å². The molecule has 1 amide bonds. The molecule has 1 unspecified atom stereocenters. The van der Waals surface area contributed by atoms with Gasteiger partial charge in [-0.1, -0.05) is 12.1 Å². The second kappa shape index (κ2) is 9.05. The fourth-order valence-corrected chi connectivity index (χ4v) is 3.07. The summed E-state index contributed by atoms with van der Waals surface area (Å²) >= 11 is 0. The fourth-order valence-electron chi connectivity index (χ4n) is 3.07. The van der Waals surface area contributed by atoms with Crippen molar-refractivity contribution < 1.29 is 18.7 Å². The van der Waals surface area contributed by atoms with Gasteiger partial charge in [0.1, 0.15) is 24.2 Å². The fraction of sp³-hybridized carbons (Fsp3) is 0.250. The topological polar surface area (TPSA) is 90.2 Å². The Hall–Kier alpha value is -3.62. The van der Waals surface area contributed by atoms with Crippen molar-refractivity contribution in [2.75, 3.05) is 20.7 Å². The Bertz CT molecular complexity index is 976. The summed E-state index contributed by atoms with van der Waals surface area (Å²) in [6.45, 7) is 0.279. The Kier molecular flexibility index (Phi) is 6.28. The number of carbonyl (C=O) groups is 2. The molecule has 2 aromatic carbocycles. The first-order valence-electron chi connectivity index (χ1n) is 8.89. The minimum absolute atomic E-state index is 0.213. The van der Waals surface area contributed by atoms with Crippen LogP contribution < -0.4 is 4.74 Å². The summed E-state index contributed by atoms with van der Waals surface area (Å²) in [5.41, 5.74) is 1.73. The molecule has 9 heteroatoms. The minimum Gasteiger partial charge on any atom is -0.496 e. The average molecular weight is 397 g/mol. The van der Waals surface area contributed by atoms with Gasteiger partial charge in [0.2, 0.25) is 0 Å². The number of benzene rings is 2. The molecule has 3 aromatic rings. The highest BCUT2D eigenvalue weighted by Crippen LogP contribution is 2.25. The Morgan fingerprint density at radius 2 is 2.03 bits per heavy atom. The maximum Gasteiger partial charge on any atom is 0.257 e. The highest BCUT2D eigenvalue weighted by Gasteiger charge is 2.22. The molecular weight excluding hydrogens is 377 g/mol. The van der Waals surface area contributed by atoms with Crippen molar-refractivity contribution in [3.05, 3.63) is 65.7 Å². The largest absolute Gasteiger partial charge is 0.496 e. The van der Waals surface area contributed by atoms with Crippen LogP contribution >= 0.6 is 0 Å². The first kappa shape index (κ1) is 20.1. The van der Waals surface area contributed by atoms with Gasteiger partial charge in [-0.2, -0.15) is 0 Å². The number of methoxy groups -OCH3 is 1. The third-order valence-electron chi connectivity index (χ3n) is 4.59. The lowest BCUT2D eigenvalue weighted by atomic mass is 9.95. The Morgan fingerprint density at radius 1 is 1.28 bits per heavy atom. The van der Waals surface area contributed by atoms with Crippen molar-refractivity contribution in [2.24, 2.45) is 0 Å². The second-order valence-electron chi connectivity index (χ2n) is 6.48. The van der Waals surface area contributed by atoms with Crippen LogP contribution in [0.5, 0.6) is 5.75 Å². The second-order valence-corrected chi connectivity index (χ2v) is 6.48. The van der Waals surface area contributed by atoms with E-state index in [9.17, 15) is 14.0 Å². The van der Waals surface area contributed by atoms with Gasteiger partial charge in [-0.3, -0.25) is 4.79 Å². The van der Waals surface area contributed by atoms with E-state index in [0.717, 1.165) is 11.8 Å². The van der Waals surface area contributed by atoms with Crippen LogP contribution in [-0.2, 0) is 4.79 Å². The highest BCUT2D eigenvalue weighted by atomic mass is 19.1. The molecule has 0 saturated heterocycles. The average Bonchev–Trinajstić information content (AvgIpc) is 3.28. The molecule has 150 valence electrons. The molecule has 0 bridgehead atoms. The zero-order valence-electron chi connectivity index (χ0n) is 16.0. The number of tetrazole rings is 1. The zero-order valence-corrected chi connectivity index (χ0v) is 16.0. The van der Waals surface area contributed by atoms with E-state index < -0.39 is 0 Å². The van der Waals surface area contributed by atoms with Crippen molar-refractivity contribution in [1.82, 2.24) is 25.1 Å². The van der Waals surface area contributed by atoms with Gasteiger partial charge >= 0.3 is 0 Å². The predicted molar refractivity (Wildman–Crippen MR) is 102 cm³/mol. The maximum absolute atomic E-state index is 13.2. The molecule has 0 fully saturated rings. The Morgan fingerprint density at radius 3 is 2.66 bits per heavy atom. The first-order chi connectivity index (χ1) is 14.0. The summed E-state index contributed by atoms with van der Waals surface area (Å²) < 4.78 is 20.0. The van der Waals surface area contributed by atoms with E-state index in [2.05, 4.69) is 15.5 Å². The van der Waals surface area contributed by atoms with Crippen molar-refractivity contribution >= 4 is 12.2 Å². The van der Waals surface area contributed by atoms with Crippen LogP contribution in [0.15, 0.2) is 48.8 Å². The number of rotatable bonds is 8. The van der Waals surface area contributed by atoms with Gasteiger partial charge in [0.25, 0.3) is 5.91 Å². The van der Waals surface area contributed by atoms with Gasteiger partial charge in [0, 0.05) is 25.9 Å². The number of carbonyl (C=O) groups excluding carboxylic acids is 2. The highest BCUT2D eigenvalue weighted by molar-refractivity contribution is 5.97. The molecule has 0 N–H and O–H groups in total. The Labute approximate surface area is 166 Å². The summed E-state index contributed by atoms with van der Waals surface area (Å²) in [4.78, 5) is 25.8. The Balaban J connectivity index is 1.85. The van der Waals surface area contributed by atoms with E-state index in [1.807, 2.05) is 0 Å². The number of likely N-dealkylation sites (N-methyl/N-ethyl adjacent to an activating group) is 1. The van der Waals surface area contributed by atoms with E-state index in [0.29, 0.717) is 17.0 Å². The molecule has 3 rings (SSSR count). The van der Waals surface area contributed by atoms with Crippen LogP contribution in [0.25, 0.3) is 5.69 Å². The SMILES string of the molecule is COc1ccc(-n2cnnn2)cc1C(=O)N(C)CC(CC=O)c1ccc(F)cc1. The monoisotopic (exact) mass is 397 g/mol. The molecule has 0 spiro atoms. The number of aromatic nitrogens is 4. The molecule has 1 aromatic heterocycles. The summed E-state index contributed by atoms with van der Waals surface area (Å²) in [7, 11) is 3.13. The van der Waals surface area contributed by atoms with Gasteiger partial charge in [0.15, 0.2) is 0 Å². The van der Waals surface area contributed by atoms with E-state index in [1.165, 1.54) is 35.2 Å². The summed E-state index contributed by atoms with van der Waals surface area (Å²) in [6, 6.07) is 11.0. The van der Waals surface area contributed by atoms with Gasteiger partial charge < -0.3 is 14.4 Å². The van der Waals surface area contributed by atoms with Crippen molar-refractivity contribution in [1.29, 1.82) is 0 Å². The van der Waals surface area contributed by atoms with Gasteiger partial charge in [-0.15, -0.1) is 5.10 Å². The molecule has 0 aliphatic carbocycles. The third-order valence-corrected chi connectivity index (χ3v) is 4.59. The molecule has 1 atom stereocenters. The van der Waals surface area contributed by atoms with Gasteiger partial charge in [-0.25, -0.2) is 9.07 Å². The number of aldehydes is 1. The number of hydrogen-bond donors (Lipinski definition) is 0. The van der Waals surface area contributed by atoms with E-state index in [4.69, 9.17) is 4.74 Å². The van der Waals surface area contributed by atoms with Crippen LogP contribution in [0.2, 0.25) is 0 Å². The standard InChI is InChI=1S/C20H20FN5O3/c1-25(12-15(9-10-27)14-3-5-16(21)6-4-14)20(28)18-11-17(7-8-19(18)29-2)26-13-22-23-24-26/h3-8,10-11,13,15H,9,12H2,1-2H3. The lowest BCUT2D eigenvalue weighted by molar-refractivity contribution is -0.108. The number of ether oxygens (including phenoxy) is 1. The molecule has 0 aliphatic heterocycles. The normalized spacial score (nSPS) is 11.7. The summed E-state index contributed by atoms with van der Waals surface area (Å²) in [6.07, 6.45) is 2.44. The number of halogens is 1. The van der Waals surface area contributed by atoms with Crippen LogP contribution in [0, 0.1) is 5.82 Å². The van der Waals surface area contributed by atoms with Gasteiger partial charge in [-0.05, 0) is 46.3 Å². The molecule has 0 aliphatic rings. The van der Waals surface area contributed by atoms with E-state index >= 15 is 0 Å². The zero-order chi connectivity index (χ0) is 20.8. The van der Waals surface area contributed by atoms with Crippen LogP contribution in [0.4, 0.5) is 4.39 Å². The molecule has 29 heavy (non-hydrogen) atoms. The minimum atomic E-state index is -0.354. The first-order valence-corrected chi connectivity index (χ1v) is 8.89. The summed E-state index contributed by atoms with van der Waals surface area (Å²) in [5.74, 6) is -0.481. The molecule has 1 heterocycles. The van der Waals surface area contributed by atoms with Gasteiger partial charge in [0.05, 0.1) is 18.4 Å². The lowest BCUT2D eigenvalue weighted by Crippen LogP contribution is -2.31. The number of amides is 1. The predicted octanol–water partition coefficient (Wildman–Crippen LogP) is 2.25. The van der Waals surface area contributed by atoms with Crippen LogP contribution in [0.3, 0.4) is 0 Å². The lowest BCUT2D eigenvalue weighted by Gasteiger charge is -2.24. The molecule has 0 saturated carbocycles. The van der Waals surface area contributed by atoms with Crippen LogP contribution in [0.1, 0.15) is 28.3 Å². The quantitative estimate of drug-likeness (QED) is 0.542. The molecule has 8 nitrogen and oxygen atoms in total. The van der Waals surface area contributed by atoms with Crippen molar-refractivity contribution in [2.45, 2.75) is 12.3 Å². The summed E-state index contributed by atoms with van der Waals surface area (Å²) in [5, 5.41) is 11.0. The molecule has 0 radical (unpaired) electrons.